The largest absolute Gasteiger partial charge is 0.378 e. The van der Waals surface area contributed by atoms with Gasteiger partial charge in [-0.1, -0.05) is 6.07 Å². The smallest absolute Gasteiger partial charge is 0.284 e. The van der Waals surface area contributed by atoms with E-state index in [9.17, 15) is 32.8 Å². The molecule has 1 saturated carbocycles. The van der Waals surface area contributed by atoms with Gasteiger partial charge in [0, 0.05) is 58.1 Å². The third-order valence-electron chi connectivity index (χ3n) is 12.9. The summed E-state index contributed by atoms with van der Waals surface area (Å²) in [7, 11) is 2.14. The van der Waals surface area contributed by atoms with Gasteiger partial charge in [0.1, 0.15) is 17.4 Å². The normalized spacial score (nSPS) is 22.8. The third kappa shape index (κ3) is 8.07. The van der Waals surface area contributed by atoms with Crippen LogP contribution in [0.15, 0.2) is 42.9 Å². The second kappa shape index (κ2) is 16.9. The highest BCUT2D eigenvalue weighted by Gasteiger charge is 2.46. The van der Waals surface area contributed by atoms with Gasteiger partial charge >= 0.3 is 0 Å². The molecule has 9 rings (SSSR count). The number of nitrogens with zero attached hydrogens (tertiary/aromatic N) is 9. The number of amides is 5. The number of fused-ring (bicyclic) bond motifs is 2. The summed E-state index contributed by atoms with van der Waals surface area (Å²) in [6, 6.07) is 6.00. The molecule has 2 N–H and O–H groups in total. The van der Waals surface area contributed by atoms with Crippen molar-refractivity contribution in [3.05, 3.63) is 65.2 Å². The lowest BCUT2D eigenvalue weighted by molar-refractivity contribution is -0.136. The van der Waals surface area contributed by atoms with E-state index in [0.29, 0.717) is 60.9 Å². The fourth-order valence-corrected chi connectivity index (χ4v) is 9.69. The lowest BCUT2D eigenvalue weighted by Gasteiger charge is -2.37. The number of anilines is 3. The van der Waals surface area contributed by atoms with E-state index < -0.39 is 47.7 Å². The van der Waals surface area contributed by atoms with Crippen LogP contribution in [-0.4, -0.2) is 129 Å². The molecular formula is C42H49F2N11O6. The topological polar surface area (TPSA) is 180 Å². The second-order valence-electron chi connectivity index (χ2n) is 16.8. The zero-order valence-electron chi connectivity index (χ0n) is 34.0. The molecule has 61 heavy (non-hydrogen) atoms. The summed E-state index contributed by atoms with van der Waals surface area (Å²) in [5.74, 6) is -1.05. The van der Waals surface area contributed by atoms with Crippen molar-refractivity contribution in [3.63, 3.8) is 0 Å². The van der Waals surface area contributed by atoms with Crippen molar-refractivity contribution in [2.75, 3.05) is 74.6 Å². The summed E-state index contributed by atoms with van der Waals surface area (Å²) >= 11 is 0. The number of ether oxygens (including phenoxy) is 1. The first kappa shape index (κ1) is 40.6. The molecule has 3 saturated heterocycles. The number of carbonyl (C=O) groups excluding carboxylic acids is 5. The number of aromatic nitrogens is 5. The Morgan fingerprint density at radius 3 is 2.39 bits per heavy atom. The summed E-state index contributed by atoms with van der Waals surface area (Å²) < 4.78 is 37.1. The van der Waals surface area contributed by atoms with Crippen molar-refractivity contribution in [3.8, 4) is 0 Å². The third-order valence-corrected chi connectivity index (χ3v) is 12.9. The molecule has 17 nitrogen and oxygen atoms in total. The average molecular weight is 842 g/mol. The van der Waals surface area contributed by atoms with Gasteiger partial charge in [-0.05, 0) is 82.0 Å². The number of morpholine rings is 1. The number of halogens is 2. The molecule has 0 spiro atoms. The van der Waals surface area contributed by atoms with E-state index in [2.05, 4.69) is 47.6 Å². The Labute approximate surface area is 350 Å². The highest BCUT2D eigenvalue weighted by Crippen LogP contribution is 2.38. The predicted molar refractivity (Wildman–Crippen MR) is 218 cm³/mol. The molecule has 322 valence electrons. The van der Waals surface area contributed by atoms with Crippen LogP contribution in [0.25, 0.3) is 5.65 Å². The van der Waals surface area contributed by atoms with Crippen LogP contribution in [0.2, 0.25) is 0 Å². The number of piperidine rings is 2. The first-order valence-electron chi connectivity index (χ1n) is 21.2. The summed E-state index contributed by atoms with van der Waals surface area (Å²) in [5, 5.41) is 13.4. The first-order chi connectivity index (χ1) is 29.5. The number of alkyl halides is 2. The van der Waals surface area contributed by atoms with Crippen LogP contribution >= 0.6 is 0 Å². The molecule has 4 aromatic rings. The standard InChI is InChI=1S/C42H49F2N11O6/c1-50(23-26-11-14-51(15-12-26)31-4-2-3-28-35(31)42(60)55(41(28)59)32-9-10-34(56)48-40(32)58)22-25-5-7-27(8-6-25)54-24-30(36(49-54)37(43)44)46-39(57)29-21-45-53-16-13-33(47-38(29)53)52-17-19-61-20-18-52/h2-4,13,16,21,24-27,32,37H,5-12,14-15,17-20,22-23H2,1H3,(H,46,57)(H,48,56,58)/t25-,27-,32?. The highest BCUT2D eigenvalue weighted by atomic mass is 19.3. The SMILES string of the molecule is CN(CC1CCN(c2cccc3c2C(=O)N(C2CCC(=O)NC2=O)C3=O)CC1)C[C@H]1CC[C@H](n2cc(NC(=O)c3cnn4ccc(N5CCOCC5)nc34)c(C(F)F)n2)CC1. The Kier molecular flexibility index (Phi) is 11.3. The summed E-state index contributed by atoms with van der Waals surface area (Å²) in [6.45, 7) is 5.76. The second-order valence-corrected chi connectivity index (χ2v) is 16.8. The van der Waals surface area contributed by atoms with E-state index in [4.69, 9.17) is 4.74 Å². The molecule has 4 aliphatic heterocycles. The molecule has 5 amide bonds. The Hall–Kier alpha value is -5.82. The fourth-order valence-electron chi connectivity index (χ4n) is 9.69. The quantitative estimate of drug-likeness (QED) is 0.208. The maximum absolute atomic E-state index is 14.3. The van der Waals surface area contributed by atoms with E-state index in [0.717, 1.165) is 69.6 Å². The van der Waals surface area contributed by atoms with Crippen LogP contribution < -0.4 is 20.4 Å². The van der Waals surface area contributed by atoms with Crippen LogP contribution in [0.1, 0.15) is 101 Å². The van der Waals surface area contributed by atoms with Gasteiger partial charge in [-0.15, -0.1) is 0 Å². The minimum Gasteiger partial charge on any atom is -0.378 e. The van der Waals surface area contributed by atoms with E-state index in [1.54, 1.807) is 23.0 Å². The minimum atomic E-state index is -2.88. The highest BCUT2D eigenvalue weighted by molar-refractivity contribution is 6.25. The van der Waals surface area contributed by atoms with Crippen molar-refractivity contribution in [1.82, 2.24) is 39.5 Å². The maximum atomic E-state index is 14.3. The van der Waals surface area contributed by atoms with Gasteiger partial charge < -0.3 is 24.8 Å². The number of imide groups is 2. The molecule has 4 fully saturated rings. The predicted octanol–water partition coefficient (Wildman–Crippen LogP) is 3.93. The molecular weight excluding hydrogens is 793 g/mol. The number of benzene rings is 1. The van der Waals surface area contributed by atoms with E-state index >= 15 is 0 Å². The zero-order valence-corrected chi connectivity index (χ0v) is 34.0. The van der Waals surface area contributed by atoms with Crippen LogP contribution in [-0.2, 0) is 14.3 Å². The monoisotopic (exact) mass is 841 g/mol. The molecule has 0 bridgehead atoms. The van der Waals surface area contributed by atoms with Crippen molar-refractivity contribution < 1.29 is 37.5 Å². The van der Waals surface area contributed by atoms with Crippen molar-refractivity contribution in [2.45, 2.75) is 69.9 Å². The van der Waals surface area contributed by atoms with Gasteiger partial charge in [0.2, 0.25) is 11.8 Å². The minimum absolute atomic E-state index is 0.0254. The van der Waals surface area contributed by atoms with Gasteiger partial charge in [-0.2, -0.15) is 10.2 Å². The summed E-state index contributed by atoms with van der Waals surface area (Å²) in [6.07, 6.45) is 7.15. The summed E-state index contributed by atoms with van der Waals surface area (Å²) in [5.41, 5.74) is 1.32. The number of hydrogen-bond acceptors (Lipinski definition) is 12. The van der Waals surface area contributed by atoms with Crippen LogP contribution in [0.5, 0.6) is 0 Å². The molecule has 19 heteroatoms. The Morgan fingerprint density at radius 1 is 0.934 bits per heavy atom. The fraction of sp³-hybridized carbons (Fsp3) is 0.524. The molecule has 1 aliphatic carbocycles. The van der Waals surface area contributed by atoms with Gasteiger partial charge in [0.25, 0.3) is 24.1 Å². The van der Waals surface area contributed by atoms with Crippen molar-refractivity contribution in [1.29, 1.82) is 0 Å². The van der Waals surface area contributed by atoms with Crippen molar-refractivity contribution in [2.24, 2.45) is 11.8 Å². The van der Waals surface area contributed by atoms with Crippen molar-refractivity contribution >= 4 is 52.4 Å². The molecule has 0 radical (unpaired) electrons. The van der Waals surface area contributed by atoms with E-state index in [1.807, 2.05) is 12.1 Å². The Balaban J connectivity index is 0.765. The number of hydrogen-bond donors (Lipinski definition) is 2. The molecule has 7 heterocycles. The van der Waals surface area contributed by atoms with Gasteiger partial charge in [-0.3, -0.25) is 38.9 Å². The van der Waals surface area contributed by atoms with Gasteiger partial charge in [-0.25, -0.2) is 18.3 Å². The lowest BCUT2D eigenvalue weighted by Crippen LogP contribution is -2.54. The zero-order chi connectivity index (χ0) is 42.4. The molecule has 1 unspecified atom stereocenters. The molecule has 1 aromatic carbocycles. The van der Waals surface area contributed by atoms with Crippen LogP contribution in [0.4, 0.5) is 26.0 Å². The van der Waals surface area contributed by atoms with Gasteiger partial charge in [0.05, 0.1) is 48.0 Å². The van der Waals surface area contributed by atoms with Crippen LogP contribution in [0, 0.1) is 11.8 Å². The average Bonchev–Trinajstić information content (AvgIpc) is 3.96. The number of nitrogens with one attached hydrogen (secondary N) is 2. The Bertz CT molecular complexity index is 2350. The van der Waals surface area contributed by atoms with E-state index in [1.165, 1.54) is 16.9 Å². The van der Waals surface area contributed by atoms with E-state index in [-0.39, 0.29) is 35.7 Å². The molecule has 5 aliphatic rings. The first-order valence-corrected chi connectivity index (χ1v) is 21.2. The number of rotatable bonds is 11. The summed E-state index contributed by atoms with van der Waals surface area (Å²) in [4.78, 5) is 77.0. The maximum Gasteiger partial charge on any atom is 0.284 e. The molecule has 3 aromatic heterocycles. The lowest BCUT2D eigenvalue weighted by atomic mass is 9.85. The Morgan fingerprint density at radius 2 is 1.67 bits per heavy atom. The van der Waals surface area contributed by atoms with Gasteiger partial charge in [0.15, 0.2) is 11.3 Å². The number of carbonyl (C=O) groups is 5. The molecule has 1 atom stereocenters. The van der Waals surface area contributed by atoms with Crippen LogP contribution in [0.3, 0.4) is 0 Å².